The van der Waals surface area contributed by atoms with E-state index < -0.39 is 5.82 Å². The van der Waals surface area contributed by atoms with Crippen LogP contribution in [0.2, 0.25) is 0 Å². The Balaban J connectivity index is 1.56. The first-order valence-corrected chi connectivity index (χ1v) is 10.6. The van der Waals surface area contributed by atoms with Gasteiger partial charge in [0.25, 0.3) is 0 Å². The summed E-state index contributed by atoms with van der Waals surface area (Å²) in [6, 6.07) is 10.1. The summed E-state index contributed by atoms with van der Waals surface area (Å²) in [5.41, 5.74) is 4.68. The first-order valence-electron chi connectivity index (χ1n) is 10.6. The maximum absolute atomic E-state index is 14.7. The van der Waals surface area contributed by atoms with E-state index in [-0.39, 0.29) is 23.8 Å². The summed E-state index contributed by atoms with van der Waals surface area (Å²) in [5.74, 6) is -0.238. The largest absolute Gasteiger partial charge is 0.504 e. The zero-order valence-corrected chi connectivity index (χ0v) is 18.8. The number of aromatic nitrogens is 4. The number of allylic oxidation sites excluding steroid dienone is 1. The molecular weight excluding hydrogens is 431 g/mol. The van der Waals surface area contributed by atoms with Gasteiger partial charge in [-0.1, -0.05) is 6.08 Å². The number of aryl methyl sites for hydroxylation is 1. The Kier molecular flexibility index (Phi) is 6.68. The van der Waals surface area contributed by atoms with E-state index in [4.69, 9.17) is 0 Å². The van der Waals surface area contributed by atoms with Crippen molar-refractivity contribution in [3.63, 3.8) is 0 Å². The maximum atomic E-state index is 14.7. The van der Waals surface area contributed by atoms with Crippen LogP contribution in [0.5, 0.6) is 5.75 Å². The van der Waals surface area contributed by atoms with Crippen molar-refractivity contribution in [1.29, 1.82) is 0 Å². The smallest absolute Gasteiger partial charge is 0.169 e. The normalized spacial score (nSPS) is 11.0. The predicted molar refractivity (Wildman–Crippen MR) is 133 cm³/mol. The summed E-state index contributed by atoms with van der Waals surface area (Å²) >= 11 is 0. The van der Waals surface area contributed by atoms with Crippen LogP contribution in [0.15, 0.2) is 66.1 Å². The molecule has 0 bridgehead atoms. The lowest BCUT2D eigenvalue weighted by Crippen LogP contribution is -2.04. The van der Waals surface area contributed by atoms with Crippen LogP contribution in [0.3, 0.4) is 0 Å². The van der Waals surface area contributed by atoms with Gasteiger partial charge in [0.1, 0.15) is 11.5 Å². The molecule has 0 fully saturated rings. The lowest BCUT2D eigenvalue weighted by atomic mass is 10.1. The number of hydrogen-bond acceptors (Lipinski definition) is 7. The number of anilines is 1. The third-order valence-corrected chi connectivity index (χ3v) is 5.13. The second-order valence-corrected chi connectivity index (χ2v) is 7.53. The van der Waals surface area contributed by atoms with Gasteiger partial charge in [-0.05, 0) is 68.6 Å². The second-order valence-electron chi connectivity index (χ2n) is 7.53. The summed E-state index contributed by atoms with van der Waals surface area (Å²) in [6.07, 6.45) is 8.47. The highest BCUT2D eigenvalue weighted by Crippen LogP contribution is 2.34. The first-order chi connectivity index (χ1) is 16.5. The number of rotatable bonds is 7. The number of hydrogen-bond donors (Lipinski definition) is 2. The topological polar surface area (TPSA) is 96.2 Å². The summed E-state index contributed by atoms with van der Waals surface area (Å²) in [6.45, 7) is 7.51. The second kappa shape index (κ2) is 9.99. The van der Waals surface area contributed by atoms with E-state index >= 15 is 0 Å². The molecule has 0 saturated carbocycles. The highest BCUT2D eigenvalue weighted by atomic mass is 19.1. The lowest BCUT2D eigenvalue weighted by molar-refractivity contribution is 0.476. The van der Waals surface area contributed by atoms with Gasteiger partial charge >= 0.3 is 0 Å². The van der Waals surface area contributed by atoms with Crippen molar-refractivity contribution in [3.8, 4) is 28.3 Å². The standard InChI is InChI=1S/C26H23FN6O/c1-4-5-23-22(28-3)7-6-21(33-23)19-9-11-30-26(25(19)34)32-15-17-13-20(27)24(31-14-17)18-8-10-29-16(2)12-18/h4-14,34H,3,15H2,1-2H3,(H,30,32)/b5-4-. The van der Waals surface area contributed by atoms with Gasteiger partial charge in [0.05, 0.1) is 17.1 Å². The van der Waals surface area contributed by atoms with E-state index in [2.05, 4.69) is 37.0 Å². The van der Waals surface area contributed by atoms with E-state index in [1.165, 1.54) is 6.07 Å². The predicted octanol–water partition coefficient (Wildman–Crippen LogP) is 5.73. The minimum absolute atomic E-state index is 0.0574. The highest BCUT2D eigenvalue weighted by Gasteiger charge is 2.14. The Bertz CT molecular complexity index is 1390. The summed E-state index contributed by atoms with van der Waals surface area (Å²) in [4.78, 5) is 21.2. The average molecular weight is 455 g/mol. The molecule has 4 heterocycles. The first kappa shape index (κ1) is 22.7. The molecule has 0 atom stereocenters. The Hall–Kier alpha value is -4.46. The number of aliphatic imine (C=N–C) groups is 1. The molecule has 8 heteroatoms. The zero-order valence-electron chi connectivity index (χ0n) is 18.8. The van der Waals surface area contributed by atoms with Gasteiger partial charge in [-0.25, -0.2) is 14.4 Å². The molecule has 0 aliphatic carbocycles. The van der Waals surface area contributed by atoms with E-state index in [9.17, 15) is 9.50 Å². The number of aromatic hydroxyl groups is 1. The molecule has 4 aromatic heterocycles. The average Bonchev–Trinajstić information content (AvgIpc) is 2.83. The van der Waals surface area contributed by atoms with Crippen molar-refractivity contribution in [1.82, 2.24) is 19.9 Å². The van der Waals surface area contributed by atoms with Crippen molar-refractivity contribution in [3.05, 3.63) is 83.8 Å². The molecule has 0 unspecified atom stereocenters. The van der Waals surface area contributed by atoms with Gasteiger partial charge in [-0.2, -0.15) is 0 Å². The third kappa shape index (κ3) is 4.80. The fourth-order valence-corrected chi connectivity index (χ4v) is 3.49. The Labute approximate surface area is 196 Å². The monoisotopic (exact) mass is 454 g/mol. The molecule has 34 heavy (non-hydrogen) atoms. The number of nitrogens with one attached hydrogen (secondary N) is 1. The molecule has 0 saturated heterocycles. The number of halogens is 1. The van der Waals surface area contributed by atoms with Gasteiger partial charge < -0.3 is 10.4 Å². The molecule has 0 spiro atoms. The van der Waals surface area contributed by atoms with Crippen molar-refractivity contribution < 1.29 is 9.50 Å². The minimum Gasteiger partial charge on any atom is -0.504 e. The molecule has 4 rings (SSSR count). The Morgan fingerprint density at radius 2 is 1.94 bits per heavy atom. The maximum Gasteiger partial charge on any atom is 0.169 e. The summed E-state index contributed by atoms with van der Waals surface area (Å²) in [5, 5.41) is 13.9. The van der Waals surface area contributed by atoms with Gasteiger partial charge in [0, 0.05) is 42.0 Å². The molecule has 0 amide bonds. The molecule has 0 aliphatic rings. The van der Waals surface area contributed by atoms with Gasteiger partial charge in [0.2, 0.25) is 0 Å². The van der Waals surface area contributed by atoms with E-state index in [0.717, 1.165) is 5.69 Å². The highest BCUT2D eigenvalue weighted by molar-refractivity contribution is 5.76. The fourth-order valence-electron chi connectivity index (χ4n) is 3.49. The van der Waals surface area contributed by atoms with Gasteiger partial charge in [-0.3, -0.25) is 15.0 Å². The molecule has 2 N–H and O–H groups in total. The van der Waals surface area contributed by atoms with Crippen LogP contribution >= 0.6 is 0 Å². The molecule has 7 nitrogen and oxygen atoms in total. The van der Waals surface area contributed by atoms with Crippen LogP contribution in [0.1, 0.15) is 23.9 Å². The summed E-state index contributed by atoms with van der Waals surface area (Å²) < 4.78 is 14.7. The van der Waals surface area contributed by atoms with Gasteiger partial charge in [-0.15, -0.1) is 0 Å². The quantitative estimate of drug-likeness (QED) is 0.346. The lowest BCUT2D eigenvalue weighted by Gasteiger charge is -2.12. The van der Waals surface area contributed by atoms with Crippen LogP contribution in [0, 0.1) is 12.7 Å². The van der Waals surface area contributed by atoms with Crippen molar-refractivity contribution in [2.45, 2.75) is 20.4 Å². The Morgan fingerprint density at radius 1 is 1.12 bits per heavy atom. The van der Waals surface area contributed by atoms with Crippen LogP contribution in [-0.4, -0.2) is 31.8 Å². The molecular formula is C26H23FN6O. The van der Waals surface area contributed by atoms with E-state index in [1.807, 2.05) is 26.0 Å². The molecule has 0 aliphatic heterocycles. The minimum atomic E-state index is -0.438. The fraction of sp³-hybridized carbons (Fsp3) is 0.115. The molecule has 0 aromatic carbocycles. The summed E-state index contributed by atoms with van der Waals surface area (Å²) in [7, 11) is 0. The van der Waals surface area contributed by atoms with Gasteiger partial charge in [0.15, 0.2) is 11.6 Å². The van der Waals surface area contributed by atoms with E-state index in [0.29, 0.717) is 33.8 Å². The molecule has 4 aromatic rings. The van der Waals surface area contributed by atoms with Crippen LogP contribution in [0.25, 0.3) is 28.6 Å². The van der Waals surface area contributed by atoms with Crippen LogP contribution in [-0.2, 0) is 6.54 Å². The van der Waals surface area contributed by atoms with Crippen molar-refractivity contribution in [2.75, 3.05) is 5.32 Å². The number of pyridine rings is 4. The zero-order chi connectivity index (χ0) is 24.1. The van der Waals surface area contributed by atoms with Crippen molar-refractivity contribution >= 4 is 24.3 Å². The number of nitrogens with zero attached hydrogens (tertiary/aromatic N) is 5. The van der Waals surface area contributed by atoms with Crippen molar-refractivity contribution in [2.24, 2.45) is 4.99 Å². The Morgan fingerprint density at radius 3 is 2.68 bits per heavy atom. The van der Waals surface area contributed by atoms with Crippen LogP contribution in [0.4, 0.5) is 15.9 Å². The molecule has 0 radical (unpaired) electrons. The van der Waals surface area contributed by atoms with Crippen LogP contribution < -0.4 is 5.32 Å². The molecule has 170 valence electrons. The SMILES string of the molecule is C=Nc1ccc(-c2ccnc(NCc3cnc(-c4ccnc(C)c4)c(F)c3)c2O)nc1/C=C\C. The third-order valence-electron chi connectivity index (χ3n) is 5.13. The van der Waals surface area contributed by atoms with E-state index in [1.54, 1.807) is 48.9 Å².